The highest BCUT2D eigenvalue weighted by molar-refractivity contribution is 6.24. The molecule has 0 aliphatic rings. The van der Waals surface area contributed by atoms with E-state index in [1.807, 2.05) is 18.5 Å². The number of aromatic nitrogens is 3. The van der Waals surface area contributed by atoms with E-state index >= 15 is 0 Å². The largest absolute Gasteiger partial charge is 0.311 e. The lowest BCUT2D eigenvalue weighted by atomic mass is 9.92. The van der Waals surface area contributed by atoms with E-state index in [1.54, 1.807) is 0 Å². The van der Waals surface area contributed by atoms with Crippen LogP contribution in [0.1, 0.15) is 0 Å². The Balaban J connectivity index is 1.05. The minimum atomic E-state index is 0.837. The summed E-state index contributed by atoms with van der Waals surface area (Å²) in [6.45, 7) is 0. The van der Waals surface area contributed by atoms with Crippen molar-refractivity contribution in [3.8, 4) is 33.4 Å². The second kappa shape index (κ2) is 16.6. The van der Waals surface area contributed by atoms with Gasteiger partial charge in [-0.25, -0.2) is 9.97 Å². The average molecular weight is 844 g/mol. The first-order valence-electron chi connectivity index (χ1n) is 22.3. The zero-order valence-corrected chi connectivity index (χ0v) is 35.9. The van der Waals surface area contributed by atoms with Gasteiger partial charge in [0.15, 0.2) is 0 Å². The van der Waals surface area contributed by atoms with E-state index in [9.17, 15) is 0 Å². The van der Waals surface area contributed by atoms with Gasteiger partial charge in [0.2, 0.25) is 0 Å². The van der Waals surface area contributed by atoms with Gasteiger partial charge in [-0.15, -0.1) is 0 Å². The molecule has 10 aromatic carbocycles. The van der Waals surface area contributed by atoms with Crippen molar-refractivity contribution in [2.24, 2.45) is 0 Å². The number of nitrogens with zero attached hydrogens (tertiary/aromatic N) is 5. The van der Waals surface area contributed by atoms with Crippen LogP contribution < -0.4 is 9.80 Å². The number of para-hydroxylation sites is 4. The van der Waals surface area contributed by atoms with Crippen LogP contribution in [0, 0.1) is 0 Å². The Morgan fingerprint density at radius 1 is 0.273 bits per heavy atom. The summed E-state index contributed by atoms with van der Waals surface area (Å²) in [5.41, 5.74) is 16.5. The lowest BCUT2D eigenvalue weighted by Crippen LogP contribution is -2.09. The Bertz CT molecular complexity index is 3580. The van der Waals surface area contributed by atoms with Crippen molar-refractivity contribution in [3.63, 3.8) is 0 Å². The third-order valence-electron chi connectivity index (χ3n) is 12.5. The van der Waals surface area contributed by atoms with Gasteiger partial charge >= 0.3 is 0 Å². The quantitative estimate of drug-likeness (QED) is 0.107. The summed E-state index contributed by atoms with van der Waals surface area (Å²) >= 11 is 0. The van der Waals surface area contributed by atoms with Crippen LogP contribution in [-0.2, 0) is 0 Å². The molecular weight excluding hydrogens is 803 g/mol. The van der Waals surface area contributed by atoms with Crippen LogP contribution in [0.5, 0.6) is 0 Å². The van der Waals surface area contributed by atoms with Crippen LogP contribution in [0.2, 0.25) is 0 Å². The van der Waals surface area contributed by atoms with Gasteiger partial charge in [0.25, 0.3) is 0 Å². The smallest absolute Gasteiger partial charge is 0.0979 e. The SMILES string of the molecule is c1ccc(N(c2ccccc2)c2ccc(-c3cc4nc5c6ccccc6c6cc(-c7cccnc7)ccc6c5nc4cc3-c3ccc(N(c4ccccc4)c4ccccc4)cc3)cc2)cc1. The second-order valence-electron chi connectivity index (χ2n) is 16.5. The predicted molar refractivity (Wildman–Crippen MR) is 276 cm³/mol. The first-order valence-corrected chi connectivity index (χ1v) is 22.3. The molecule has 0 saturated carbocycles. The van der Waals surface area contributed by atoms with Gasteiger partial charge < -0.3 is 9.80 Å². The number of hydrogen-bond acceptors (Lipinski definition) is 5. The summed E-state index contributed by atoms with van der Waals surface area (Å²) in [5, 5.41) is 4.43. The van der Waals surface area contributed by atoms with Gasteiger partial charge in [0.1, 0.15) is 0 Å². The fraction of sp³-hybridized carbons (Fsp3) is 0. The van der Waals surface area contributed by atoms with E-state index in [-0.39, 0.29) is 0 Å². The molecule has 2 aromatic heterocycles. The molecule has 0 N–H and O–H groups in total. The zero-order chi connectivity index (χ0) is 43.8. The van der Waals surface area contributed by atoms with Crippen molar-refractivity contribution in [1.29, 1.82) is 0 Å². The fourth-order valence-corrected chi connectivity index (χ4v) is 9.35. The summed E-state index contributed by atoms with van der Waals surface area (Å²) in [5.74, 6) is 0. The van der Waals surface area contributed by atoms with Crippen LogP contribution in [0.15, 0.2) is 249 Å². The Labute approximate surface area is 383 Å². The Morgan fingerprint density at radius 3 is 1.11 bits per heavy atom. The van der Waals surface area contributed by atoms with Gasteiger partial charge in [0, 0.05) is 62.9 Å². The van der Waals surface area contributed by atoms with E-state index in [4.69, 9.17) is 9.97 Å². The molecule has 0 atom stereocenters. The van der Waals surface area contributed by atoms with Crippen molar-refractivity contribution in [1.82, 2.24) is 15.0 Å². The van der Waals surface area contributed by atoms with Gasteiger partial charge in [-0.1, -0.05) is 140 Å². The van der Waals surface area contributed by atoms with Crippen molar-refractivity contribution in [2.45, 2.75) is 0 Å². The van der Waals surface area contributed by atoms with Crippen LogP contribution in [0.4, 0.5) is 34.1 Å². The van der Waals surface area contributed by atoms with Crippen molar-refractivity contribution < 1.29 is 0 Å². The molecule has 0 fully saturated rings. The molecule has 5 nitrogen and oxygen atoms in total. The molecule has 2 heterocycles. The zero-order valence-electron chi connectivity index (χ0n) is 35.9. The van der Waals surface area contributed by atoms with Crippen LogP contribution in [0.3, 0.4) is 0 Å². The van der Waals surface area contributed by atoms with Gasteiger partial charge in [0.05, 0.1) is 22.1 Å². The summed E-state index contributed by atoms with van der Waals surface area (Å²) in [6.07, 6.45) is 3.73. The molecule has 12 rings (SSSR count). The van der Waals surface area contributed by atoms with Gasteiger partial charge in [-0.3, -0.25) is 4.98 Å². The van der Waals surface area contributed by atoms with E-state index in [0.717, 1.165) is 111 Å². The molecule has 0 saturated heterocycles. The fourth-order valence-electron chi connectivity index (χ4n) is 9.35. The molecule has 0 unspecified atom stereocenters. The summed E-state index contributed by atoms with van der Waals surface area (Å²) in [7, 11) is 0. The maximum Gasteiger partial charge on any atom is 0.0979 e. The molecular formula is C61H41N5. The van der Waals surface area contributed by atoms with Gasteiger partial charge in [-0.2, -0.15) is 0 Å². The number of benzene rings is 10. The van der Waals surface area contributed by atoms with Crippen LogP contribution in [0.25, 0.3) is 77.0 Å². The first-order chi connectivity index (χ1) is 32.7. The van der Waals surface area contributed by atoms with Crippen molar-refractivity contribution in [2.75, 3.05) is 9.80 Å². The number of hydrogen-bond donors (Lipinski definition) is 0. The third-order valence-corrected chi connectivity index (χ3v) is 12.5. The molecule has 0 radical (unpaired) electrons. The van der Waals surface area contributed by atoms with E-state index in [1.165, 1.54) is 0 Å². The molecule has 5 heteroatoms. The maximum atomic E-state index is 5.52. The minimum absolute atomic E-state index is 0.837. The highest BCUT2D eigenvalue weighted by Gasteiger charge is 2.19. The second-order valence-corrected chi connectivity index (χ2v) is 16.5. The predicted octanol–water partition coefficient (Wildman–Crippen LogP) is 16.4. The van der Waals surface area contributed by atoms with Crippen molar-refractivity contribution in [3.05, 3.63) is 249 Å². The average Bonchev–Trinajstić information content (AvgIpc) is 3.40. The minimum Gasteiger partial charge on any atom is -0.311 e. The maximum absolute atomic E-state index is 5.52. The van der Waals surface area contributed by atoms with E-state index in [0.29, 0.717) is 0 Å². The summed E-state index contributed by atoms with van der Waals surface area (Å²) < 4.78 is 0. The number of fused-ring (bicyclic) bond motifs is 7. The van der Waals surface area contributed by atoms with Crippen molar-refractivity contribution >= 4 is 77.7 Å². The van der Waals surface area contributed by atoms with E-state index < -0.39 is 0 Å². The highest BCUT2D eigenvalue weighted by atomic mass is 15.1. The first kappa shape index (κ1) is 38.7. The molecule has 0 bridgehead atoms. The van der Waals surface area contributed by atoms with Crippen LogP contribution in [-0.4, -0.2) is 15.0 Å². The Hall–Kier alpha value is -8.93. The summed E-state index contributed by atoms with van der Waals surface area (Å²) in [4.78, 5) is 20.0. The lowest BCUT2D eigenvalue weighted by molar-refractivity contribution is 1.28. The highest BCUT2D eigenvalue weighted by Crippen LogP contribution is 2.42. The third kappa shape index (κ3) is 7.05. The topological polar surface area (TPSA) is 45.2 Å². The molecule has 0 spiro atoms. The molecule has 0 aliphatic heterocycles. The van der Waals surface area contributed by atoms with Gasteiger partial charge in [-0.05, 0) is 136 Å². The van der Waals surface area contributed by atoms with Crippen LogP contribution >= 0.6 is 0 Å². The molecule has 66 heavy (non-hydrogen) atoms. The molecule has 0 aliphatic carbocycles. The van der Waals surface area contributed by atoms with E-state index in [2.05, 4.69) is 245 Å². The standard InChI is InChI=1S/C61H41N5/c1-5-17-46(18-6-1)65(47-19-7-2-8-20-47)50-32-27-42(28-33-50)55-39-58-59(40-56(55)43-29-34-51(35-30-43)66(48-21-9-3-10-22-48)49-23-11-4-12-24-49)64-61-54-36-31-44(45-16-15-37-62-41-45)38-57(54)52-25-13-14-26-53(52)60(61)63-58/h1-41H. The Morgan fingerprint density at radius 2 is 0.667 bits per heavy atom. The molecule has 0 amide bonds. The molecule has 12 aromatic rings. The number of rotatable bonds is 9. The number of anilines is 6. The monoisotopic (exact) mass is 843 g/mol. The lowest BCUT2D eigenvalue weighted by Gasteiger charge is -2.26. The number of pyridine rings is 1. The Kier molecular flexibility index (Phi) is 9.77. The molecule has 310 valence electrons. The summed E-state index contributed by atoms with van der Waals surface area (Å²) in [6, 6.07) is 83.7. The normalized spacial score (nSPS) is 11.3.